The second-order valence-electron chi connectivity index (χ2n) is 4.95. The number of halogens is 1. The van der Waals surface area contributed by atoms with E-state index in [0.29, 0.717) is 22.2 Å². The van der Waals surface area contributed by atoms with E-state index in [0.717, 1.165) is 0 Å². The maximum atomic E-state index is 12.0. The molecule has 0 fully saturated rings. The highest BCUT2D eigenvalue weighted by Gasteiger charge is 2.17. The number of carbonyl (C=O) groups is 1. The number of hydrogen-bond acceptors (Lipinski definition) is 7. The van der Waals surface area contributed by atoms with Gasteiger partial charge in [-0.2, -0.15) is 4.98 Å². The minimum Gasteiger partial charge on any atom is -0.507 e. The Morgan fingerprint density at radius 1 is 1.28 bits per heavy atom. The number of rotatable bonds is 5. The molecule has 0 aliphatic heterocycles. The summed E-state index contributed by atoms with van der Waals surface area (Å²) in [5, 5.41) is 13.9. The second-order valence-corrected chi connectivity index (χ2v) is 5.39. The first kappa shape index (κ1) is 16.8. The van der Waals surface area contributed by atoms with Crippen LogP contribution < -0.4 is 4.74 Å². The van der Waals surface area contributed by atoms with E-state index in [1.54, 1.807) is 19.2 Å². The molecule has 0 unspecified atom stereocenters. The average molecular weight is 361 g/mol. The third kappa shape index (κ3) is 3.72. The van der Waals surface area contributed by atoms with Gasteiger partial charge in [-0.1, -0.05) is 28.9 Å². The molecular formula is C17H13ClN2O5. The number of carbonyl (C=O) groups excluding carboxylic acids is 1. The number of hydrogen-bond donors (Lipinski definition) is 1. The molecule has 0 atom stereocenters. The van der Waals surface area contributed by atoms with E-state index in [-0.39, 0.29) is 23.8 Å². The van der Waals surface area contributed by atoms with E-state index >= 15 is 0 Å². The molecule has 1 heterocycles. The lowest BCUT2D eigenvalue weighted by atomic mass is 10.2. The number of aromatic hydroxyl groups is 1. The molecule has 8 heteroatoms. The van der Waals surface area contributed by atoms with E-state index in [4.69, 9.17) is 25.6 Å². The number of phenolic OH excluding ortho intramolecular Hbond substituents is 1. The van der Waals surface area contributed by atoms with Crippen molar-refractivity contribution in [3.8, 4) is 22.9 Å². The quantitative estimate of drug-likeness (QED) is 0.696. The first-order valence-electron chi connectivity index (χ1n) is 7.20. The minimum atomic E-state index is -0.730. The monoisotopic (exact) mass is 360 g/mol. The molecule has 3 aromatic rings. The van der Waals surface area contributed by atoms with Gasteiger partial charge < -0.3 is 19.1 Å². The van der Waals surface area contributed by atoms with Crippen LogP contribution in [0.15, 0.2) is 47.0 Å². The van der Waals surface area contributed by atoms with Gasteiger partial charge in [0.2, 0.25) is 5.82 Å². The maximum absolute atomic E-state index is 12.0. The highest BCUT2D eigenvalue weighted by atomic mass is 35.5. The fourth-order valence-electron chi connectivity index (χ4n) is 2.13. The third-order valence-electron chi connectivity index (χ3n) is 3.32. The van der Waals surface area contributed by atoms with Crippen molar-refractivity contribution in [1.29, 1.82) is 0 Å². The van der Waals surface area contributed by atoms with Gasteiger partial charge in [-0.15, -0.1) is 0 Å². The standard InChI is InChI=1S/C17H13ClN2O5/c1-23-14-5-3-2-4-12(14)16-19-15(25-20-16)9-24-17(22)11-7-6-10(18)8-13(11)21/h2-8,21H,9H2,1H3. The third-order valence-corrected chi connectivity index (χ3v) is 3.56. The molecule has 0 aliphatic rings. The van der Waals surface area contributed by atoms with Crippen molar-refractivity contribution in [2.45, 2.75) is 6.61 Å². The van der Waals surface area contributed by atoms with Crippen LogP contribution in [-0.2, 0) is 11.3 Å². The molecule has 1 N–H and O–H groups in total. The van der Waals surface area contributed by atoms with Crippen molar-refractivity contribution in [1.82, 2.24) is 10.1 Å². The Labute approximate surface area is 147 Å². The van der Waals surface area contributed by atoms with Crippen LogP contribution in [0.1, 0.15) is 16.2 Å². The summed E-state index contributed by atoms with van der Waals surface area (Å²) in [6.07, 6.45) is 0. The largest absolute Gasteiger partial charge is 0.507 e. The minimum absolute atomic E-state index is 0.00568. The number of nitrogens with zero attached hydrogens (tertiary/aromatic N) is 2. The lowest BCUT2D eigenvalue weighted by Crippen LogP contribution is -2.05. The Morgan fingerprint density at radius 3 is 2.84 bits per heavy atom. The summed E-state index contributed by atoms with van der Waals surface area (Å²) in [6, 6.07) is 11.3. The summed E-state index contributed by atoms with van der Waals surface area (Å²) in [7, 11) is 1.54. The average Bonchev–Trinajstić information content (AvgIpc) is 3.08. The molecule has 7 nitrogen and oxygen atoms in total. The molecule has 0 radical (unpaired) electrons. The van der Waals surface area contributed by atoms with Gasteiger partial charge in [0.25, 0.3) is 5.89 Å². The summed E-state index contributed by atoms with van der Waals surface area (Å²) >= 11 is 5.72. The first-order valence-corrected chi connectivity index (χ1v) is 7.58. The van der Waals surface area contributed by atoms with Gasteiger partial charge in [0.15, 0.2) is 6.61 Å². The molecule has 1 aromatic heterocycles. The van der Waals surface area contributed by atoms with Gasteiger partial charge >= 0.3 is 5.97 Å². The van der Waals surface area contributed by atoms with Crippen LogP contribution in [0.4, 0.5) is 0 Å². The summed E-state index contributed by atoms with van der Waals surface area (Å²) in [5.74, 6) is 0.0300. The van der Waals surface area contributed by atoms with Crippen molar-refractivity contribution in [2.75, 3.05) is 7.11 Å². The molecule has 25 heavy (non-hydrogen) atoms. The van der Waals surface area contributed by atoms with Crippen molar-refractivity contribution in [3.05, 3.63) is 58.9 Å². The molecular weight excluding hydrogens is 348 g/mol. The molecule has 0 aliphatic carbocycles. The maximum Gasteiger partial charge on any atom is 0.342 e. The highest BCUT2D eigenvalue weighted by molar-refractivity contribution is 6.30. The molecule has 128 valence electrons. The van der Waals surface area contributed by atoms with Crippen LogP contribution in [0.2, 0.25) is 5.02 Å². The van der Waals surface area contributed by atoms with Gasteiger partial charge in [0, 0.05) is 5.02 Å². The number of phenols is 1. The molecule has 0 bridgehead atoms. The lowest BCUT2D eigenvalue weighted by molar-refractivity contribution is 0.0426. The Hall–Kier alpha value is -3.06. The summed E-state index contributed by atoms with van der Waals surface area (Å²) in [6.45, 7) is -0.233. The Balaban J connectivity index is 1.70. The molecule has 0 spiro atoms. The zero-order valence-electron chi connectivity index (χ0n) is 13.1. The van der Waals surface area contributed by atoms with Crippen LogP contribution in [0.25, 0.3) is 11.4 Å². The fraction of sp³-hybridized carbons (Fsp3) is 0.118. The van der Waals surface area contributed by atoms with E-state index in [1.807, 2.05) is 12.1 Å². The van der Waals surface area contributed by atoms with Gasteiger partial charge in [-0.3, -0.25) is 0 Å². The van der Waals surface area contributed by atoms with Gasteiger partial charge in [-0.05, 0) is 30.3 Å². The fourth-order valence-corrected chi connectivity index (χ4v) is 2.30. The number of ether oxygens (including phenoxy) is 2. The van der Waals surface area contributed by atoms with Crippen molar-refractivity contribution in [2.24, 2.45) is 0 Å². The number of esters is 1. The van der Waals surface area contributed by atoms with Gasteiger partial charge in [-0.25, -0.2) is 4.79 Å². The molecule has 2 aromatic carbocycles. The van der Waals surface area contributed by atoms with E-state index in [9.17, 15) is 9.90 Å². The van der Waals surface area contributed by atoms with E-state index in [1.165, 1.54) is 18.2 Å². The number of para-hydroxylation sites is 1. The summed E-state index contributed by atoms with van der Waals surface area (Å²) < 4.78 is 15.4. The van der Waals surface area contributed by atoms with E-state index in [2.05, 4.69) is 10.1 Å². The zero-order valence-corrected chi connectivity index (χ0v) is 13.9. The lowest BCUT2D eigenvalue weighted by Gasteiger charge is -2.04. The summed E-state index contributed by atoms with van der Waals surface area (Å²) in [4.78, 5) is 16.2. The van der Waals surface area contributed by atoms with Crippen molar-refractivity contribution in [3.63, 3.8) is 0 Å². The molecule has 3 rings (SSSR count). The number of benzene rings is 2. The van der Waals surface area contributed by atoms with Crippen LogP contribution in [-0.4, -0.2) is 28.3 Å². The normalized spacial score (nSPS) is 10.5. The van der Waals surface area contributed by atoms with Crippen LogP contribution in [0.5, 0.6) is 11.5 Å². The Kier molecular flexibility index (Phi) is 4.85. The topological polar surface area (TPSA) is 94.7 Å². The van der Waals surface area contributed by atoms with E-state index < -0.39 is 5.97 Å². The first-order chi connectivity index (χ1) is 12.1. The SMILES string of the molecule is COc1ccccc1-c1noc(COC(=O)c2ccc(Cl)cc2O)n1. The molecule has 0 saturated heterocycles. The second kappa shape index (κ2) is 7.23. The summed E-state index contributed by atoms with van der Waals surface area (Å²) in [5.41, 5.74) is 0.649. The highest BCUT2D eigenvalue weighted by Crippen LogP contribution is 2.27. The van der Waals surface area contributed by atoms with Crippen LogP contribution in [0.3, 0.4) is 0 Å². The van der Waals surface area contributed by atoms with Crippen molar-refractivity contribution < 1.29 is 23.9 Å². The van der Waals surface area contributed by atoms with Crippen LogP contribution in [0, 0.1) is 0 Å². The number of methoxy groups -OCH3 is 1. The smallest absolute Gasteiger partial charge is 0.342 e. The van der Waals surface area contributed by atoms with Gasteiger partial charge in [0.05, 0.1) is 12.7 Å². The Bertz CT molecular complexity index is 910. The molecule has 0 saturated carbocycles. The number of aromatic nitrogens is 2. The zero-order chi connectivity index (χ0) is 17.8. The van der Waals surface area contributed by atoms with Gasteiger partial charge in [0.1, 0.15) is 17.1 Å². The predicted octanol–water partition coefficient (Wildman–Crippen LogP) is 3.46. The predicted molar refractivity (Wildman–Crippen MR) is 88.5 cm³/mol. The van der Waals surface area contributed by atoms with Crippen LogP contribution >= 0.6 is 11.6 Å². The molecule has 0 amide bonds. The van der Waals surface area contributed by atoms with Crippen molar-refractivity contribution >= 4 is 17.6 Å². The Morgan fingerprint density at radius 2 is 2.08 bits per heavy atom.